The Morgan fingerprint density at radius 1 is 1.50 bits per heavy atom. The van der Waals surface area contributed by atoms with Crippen LogP contribution in [0.1, 0.15) is 40.3 Å². The van der Waals surface area contributed by atoms with Crippen molar-refractivity contribution in [1.29, 1.82) is 0 Å². The Hall–Kier alpha value is -1.34. The molecule has 0 saturated heterocycles. The Morgan fingerprint density at radius 2 is 2.17 bits per heavy atom. The molecule has 1 N–H and O–H groups in total. The van der Waals surface area contributed by atoms with Crippen LogP contribution in [0.2, 0.25) is 0 Å². The number of carbonyl (C=O) groups is 1. The predicted molar refractivity (Wildman–Crippen MR) is 95.3 cm³/mol. The van der Waals surface area contributed by atoms with Crippen molar-refractivity contribution in [2.24, 2.45) is 5.92 Å². The van der Waals surface area contributed by atoms with Gasteiger partial charge in [-0.05, 0) is 13.8 Å². The first-order chi connectivity index (χ1) is 11.1. The summed E-state index contributed by atoms with van der Waals surface area (Å²) >= 11 is 1.46. The minimum absolute atomic E-state index is 0.0102. The van der Waals surface area contributed by atoms with Gasteiger partial charge in [-0.25, -0.2) is 4.98 Å². The molecule has 2 rings (SSSR count). The highest BCUT2D eigenvalue weighted by atomic mass is 32.2. The lowest BCUT2D eigenvalue weighted by atomic mass is 9.92. The van der Waals surface area contributed by atoms with Gasteiger partial charge < -0.3 is 10.0 Å². The normalized spacial score (nSPS) is 17.7. The summed E-state index contributed by atoms with van der Waals surface area (Å²) in [6.07, 6.45) is 0. The van der Waals surface area contributed by atoms with Crippen molar-refractivity contribution in [1.82, 2.24) is 14.5 Å². The summed E-state index contributed by atoms with van der Waals surface area (Å²) in [6, 6.07) is 1.60. The average Bonchev–Trinajstić information content (AvgIpc) is 2.50. The van der Waals surface area contributed by atoms with Gasteiger partial charge in [0.2, 0.25) is 5.91 Å². The first kappa shape index (κ1) is 19.0. The maximum Gasteiger partial charge on any atom is 0.254 e. The summed E-state index contributed by atoms with van der Waals surface area (Å²) in [4.78, 5) is 31.5. The van der Waals surface area contributed by atoms with Crippen molar-refractivity contribution < 1.29 is 9.90 Å². The van der Waals surface area contributed by atoms with Gasteiger partial charge in [-0.15, -0.1) is 0 Å². The third kappa shape index (κ3) is 4.00. The number of thioether (sulfide) groups is 1. The zero-order chi connectivity index (χ0) is 18.1. The summed E-state index contributed by atoms with van der Waals surface area (Å²) < 4.78 is 1.60. The molecule has 0 bridgehead atoms. The van der Waals surface area contributed by atoms with Crippen LogP contribution >= 0.6 is 11.8 Å². The first-order valence-electron chi connectivity index (χ1n) is 8.31. The largest absolute Gasteiger partial charge is 0.395 e. The van der Waals surface area contributed by atoms with Gasteiger partial charge in [0.1, 0.15) is 0 Å². The lowest BCUT2D eigenvalue weighted by molar-refractivity contribution is -0.137. The van der Waals surface area contributed by atoms with Crippen molar-refractivity contribution in [3.05, 3.63) is 22.1 Å². The summed E-state index contributed by atoms with van der Waals surface area (Å²) in [5.41, 5.74) is 0.491. The Kier molecular flexibility index (Phi) is 5.75. The van der Waals surface area contributed by atoms with Crippen LogP contribution in [0.4, 0.5) is 0 Å². The fourth-order valence-corrected chi connectivity index (χ4v) is 3.79. The molecule has 1 amide bonds. The second-order valence-electron chi connectivity index (χ2n) is 7.48. The van der Waals surface area contributed by atoms with Gasteiger partial charge in [-0.3, -0.25) is 14.2 Å². The van der Waals surface area contributed by atoms with E-state index in [1.165, 1.54) is 11.8 Å². The fraction of sp³-hybridized carbons (Fsp3) is 0.706. The molecule has 0 aliphatic carbocycles. The average molecular weight is 353 g/mol. The predicted octanol–water partition coefficient (Wildman–Crippen LogP) is 1.49. The Morgan fingerprint density at radius 3 is 2.71 bits per heavy atom. The molecule has 1 aliphatic rings. The Bertz CT molecular complexity index is 664. The highest BCUT2D eigenvalue weighted by molar-refractivity contribution is 7.99. The van der Waals surface area contributed by atoms with Crippen LogP contribution in [-0.2, 0) is 16.8 Å². The van der Waals surface area contributed by atoms with Gasteiger partial charge in [0.05, 0.1) is 18.2 Å². The van der Waals surface area contributed by atoms with E-state index in [9.17, 15) is 14.7 Å². The molecule has 7 heteroatoms. The molecular weight excluding hydrogens is 326 g/mol. The summed E-state index contributed by atoms with van der Waals surface area (Å²) in [5.74, 6) is 0.327. The Balaban J connectivity index is 2.26. The van der Waals surface area contributed by atoms with Crippen molar-refractivity contribution >= 4 is 17.7 Å². The standard InChI is InChI=1S/C17H27N3O3S/c1-11(2)19(6-7-21)15(23)12-9-20-14(22)8-13(17(3,4)5)18-16(20)24-10-12/h8,11-12,21H,6-7,9-10H2,1-5H3. The molecule has 24 heavy (non-hydrogen) atoms. The number of rotatable bonds is 4. The number of amides is 1. The molecule has 1 aromatic rings. The molecule has 1 unspecified atom stereocenters. The van der Waals surface area contributed by atoms with Crippen LogP contribution in [0.15, 0.2) is 16.0 Å². The number of aromatic nitrogens is 2. The monoisotopic (exact) mass is 353 g/mol. The number of hydrogen-bond acceptors (Lipinski definition) is 5. The van der Waals surface area contributed by atoms with E-state index in [1.807, 2.05) is 34.6 Å². The van der Waals surface area contributed by atoms with Crippen LogP contribution < -0.4 is 5.56 Å². The summed E-state index contributed by atoms with van der Waals surface area (Å²) in [7, 11) is 0. The third-order valence-electron chi connectivity index (χ3n) is 4.15. The van der Waals surface area contributed by atoms with Crippen molar-refractivity contribution in [3.63, 3.8) is 0 Å². The maximum absolute atomic E-state index is 12.7. The van der Waals surface area contributed by atoms with E-state index in [2.05, 4.69) is 4.98 Å². The number of aliphatic hydroxyl groups is 1. The zero-order valence-corrected chi connectivity index (χ0v) is 15.9. The van der Waals surface area contributed by atoms with Gasteiger partial charge in [0, 0.05) is 36.4 Å². The van der Waals surface area contributed by atoms with E-state index in [0.29, 0.717) is 24.0 Å². The van der Waals surface area contributed by atoms with E-state index in [-0.39, 0.29) is 35.4 Å². The Labute approximate surface area is 147 Å². The topological polar surface area (TPSA) is 75.4 Å². The number of aliphatic hydroxyl groups excluding tert-OH is 1. The molecule has 2 heterocycles. The zero-order valence-electron chi connectivity index (χ0n) is 15.1. The smallest absolute Gasteiger partial charge is 0.254 e. The van der Waals surface area contributed by atoms with E-state index < -0.39 is 0 Å². The van der Waals surface area contributed by atoms with E-state index in [1.54, 1.807) is 15.5 Å². The molecule has 0 radical (unpaired) electrons. The molecular formula is C17H27N3O3S. The van der Waals surface area contributed by atoms with Crippen LogP contribution in [-0.4, -0.2) is 50.4 Å². The molecule has 0 aromatic carbocycles. The maximum atomic E-state index is 12.7. The lowest BCUT2D eigenvalue weighted by Crippen LogP contribution is -2.46. The van der Waals surface area contributed by atoms with Gasteiger partial charge in [-0.1, -0.05) is 32.5 Å². The van der Waals surface area contributed by atoms with Crippen molar-refractivity contribution in [3.8, 4) is 0 Å². The van der Waals surface area contributed by atoms with Crippen molar-refractivity contribution in [2.75, 3.05) is 18.9 Å². The molecule has 1 atom stereocenters. The number of hydrogen-bond donors (Lipinski definition) is 1. The van der Waals surface area contributed by atoms with E-state index in [0.717, 1.165) is 5.69 Å². The first-order valence-corrected chi connectivity index (χ1v) is 9.30. The molecule has 0 saturated carbocycles. The molecule has 6 nitrogen and oxygen atoms in total. The lowest BCUT2D eigenvalue weighted by Gasteiger charge is -2.32. The molecule has 0 spiro atoms. The van der Waals surface area contributed by atoms with Crippen LogP contribution in [0.3, 0.4) is 0 Å². The fourth-order valence-electron chi connectivity index (χ4n) is 2.71. The molecule has 0 fully saturated rings. The van der Waals surface area contributed by atoms with Crippen molar-refractivity contribution in [2.45, 2.75) is 57.8 Å². The van der Waals surface area contributed by atoms with Crippen LogP contribution in [0.5, 0.6) is 0 Å². The third-order valence-corrected chi connectivity index (χ3v) is 5.29. The molecule has 1 aromatic heterocycles. The second kappa shape index (κ2) is 7.27. The second-order valence-corrected chi connectivity index (χ2v) is 8.47. The summed E-state index contributed by atoms with van der Waals surface area (Å²) in [6.45, 7) is 10.6. The van der Waals surface area contributed by atoms with Gasteiger partial charge in [0.25, 0.3) is 5.56 Å². The quantitative estimate of drug-likeness (QED) is 0.830. The van der Waals surface area contributed by atoms with Gasteiger partial charge in [0.15, 0.2) is 5.16 Å². The van der Waals surface area contributed by atoms with Gasteiger partial charge in [-0.2, -0.15) is 0 Å². The van der Waals surface area contributed by atoms with Crippen LogP contribution in [0, 0.1) is 5.92 Å². The van der Waals surface area contributed by atoms with Gasteiger partial charge >= 0.3 is 0 Å². The van der Waals surface area contributed by atoms with Crippen LogP contribution in [0.25, 0.3) is 0 Å². The highest BCUT2D eigenvalue weighted by Crippen LogP contribution is 2.29. The molecule has 1 aliphatic heterocycles. The van der Waals surface area contributed by atoms with E-state index in [4.69, 9.17) is 0 Å². The number of nitrogens with zero attached hydrogens (tertiary/aromatic N) is 3. The minimum Gasteiger partial charge on any atom is -0.395 e. The summed E-state index contributed by atoms with van der Waals surface area (Å²) in [5, 5.41) is 9.87. The minimum atomic E-state index is -0.267. The van der Waals surface area contributed by atoms with E-state index >= 15 is 0 Å². The molecule has 134 valence electrons. The highest BCUT2D eigenvalue weighted by Gasteiger charge is 2.31. The number of fused-ring (bicyclic) bond motifs is 1. The number of carbonyl (C=O) groups excluding carboxylic acids is 1. The SMILES string of the molecule is CC(C)N(CCO)C(=O)C1CSc2nc(C(C)(C)C)cc(=O)n2C1.